The van der Waals surface area contributed by atoms with Crippen molar-refractivity contribution in [3.63, 3.8) is 0 Å². The van der Waals surface area contributed by atoms with E-state index in [0.717, 1.165) is 32.5 Å². The Labute approximate surface area is 159 Å². The van der Waals surface area contributed by atoms with E-state index in [1.165, 1.54) is 5.56 Å². The summed E-state index contributed by atoms with van der Waals surface area (Å²) in [7, 11) is 0. The SMILES string of the molecule is Oc1ccccc1-n1ccnc1OCC1CCN(Cc2ccccc2)CC1. The van der Waals surface area contributed by atoms with E-state index in [9.17, 15) is 5.11 Å². The third-order valence-corrected chi connectivity index (χ3v) is 5.15. The molecule has 3 aromatic rings. The van der Waals surface area contributed by atoms with Crippen molar-refractivity contribution >= 4 is 0 Å². The molecule has 2 heterocycles. The van der Waals surface area contributed by atoms with Crippen molar-refractivity contribution in [1.82, 2.24) is 14.5 Å². The molecule has 2 aromatic carbocycles. The van der Waals surface area contributed by atoms with Crippen LogP contribution in [0.25, 0.3) is 5.69 Å². The van der Waals surface area contributed by atoms with Gasteiger partial charge in [-0.3, -0.25) is 9.47 Å². The van der Waals surface area contributed by atoms with E-state index in [-0.39, 0.29) is 5.75 Å². The Morgan fingerprint density at radius 1 is 1.00 bits per heavy atom. The molecule has 0 spiro atoms. The van der Waals surface area contributed by atoms with E-state index in [2.05, 4.69) is 40.2 Å². The maximum atomic E-state index is 10.1. The molecule has 0 radical (unpaired) electrons. The van der Waals surface area contributed by atoms with Crippen LogP contribution in [0.2, 0.25) is 0 Å². The molecule has 5 nitrogen and oxygen atoms in total. The number of phenolic OH excluding ortho intramolecular Hbond substituents is 1. The van der Waals surface area contributed by atoms with Gasteiger partial charge in [0, 0.05) is 18.9 Å². The van der Waals surface area contributed by atoms with Crippen molar-refractivity contribution in [3.8, 4) is 17.4 Å². The normalized spacial score (nSPS) is 15.7. The molecular weight excluding hydrogens is 338 g/mol. The van der Waals surface area contributed by atoms with Gasteiger partial charge < -0.3 is 9.84 Å². The number of likely N-dealkylation sites (tertiary alicyclic amines) is 1. The standard InChI is InChI=1S/C22H25N3O2/c26-21-9-5-4-8-20(21)25-15-12-23-22(25)27-17-19-10-13-24(14-11-19)16-18-6-2-1-3-7-18/h1-9,12,15,19,26H,10-11,13-14,16-17H2. The van der Waals surface area contributed by atoms with Gasteiger partial charge in [0.05, 0.1) is 12.3 Å². The molecule has 1 aromatic heterocycles. The van der Waals surface area contributed by atoms with Crippen LogP contribution in [0.15, 0.2) is 67.0 Å². The highest BCUT2D eigenvalue weighted by Crippen LogP contribution is 2.26. The van der Waals surface area contributed by atoms with Crippen LogP contribution in [0.5, 0.6) is 11.8 Å². The van der Waals surface area contributed by atoms with Crippen molar-refractivity contribution < 1.29 is 9.84 Å². The zero-order valence-electron chi connectivity index (χ0n) is 15.4. The Balaban J connectivity index is 1.30. The Hall–Kier alpha value is -2.79. The molecule has 1 N–H and O–H groups in total. The number of ether oxygens (including phenoxy) is 1. The minimum Gasteiger partial charge on any atom is -0.506 e. The molecule has 0 aliphatic carbocycles. The number of nitrogens with zero attached hydrogens (tertiary/aromatic N) is 3. The average molecular weight is 363 g/mol. The number of phenols is 1. The first-order valence-corrected chi connectivity index (χ1v) is 9.50. The fourth-order valence-corrected chi connectivity index (χ4v) is 3.59. The lowest BCUT2D eigenvalue weighted by atomic mass is 9.97. The lowest BCUT2D eigenvalue weighted by Gasteiger charge is -2.31. The van der Waals surface area contributed by atoms with Gasteiger partial charge in [-0.15, -0.1) is 0 Å². The molecule has 5 heteroatoms. The molecule has 1 saturated heterocycles. The number of para-hydroxylation sites is 2. The number of aromatic hydroxyl groups is 1. The summed E-state index contributed by atoms with van der Waals surface area (Å²) >= 11 is 0. The Morgan fingerprint density at radius 2 is 1.74 bits per heavy atom. The molecule has 27 heavy (non-hydrogen) atoms. The minimum absolute atomic E-state index is 0.217. The van der Waals surface area contributed by atoms with E-state index < -0.39 is 0 Å². The molecular formula is C22H25N3O2. The Bertz CT molecular complexity index is 855. The minimum atomic E-state index is 0.217. The van der Waals surface area contributed by atoms with Gasteiger partial charge in [0.15, 0.2) is 0 Å². The molecule has 1 fully saturated rings. The summed E-state index contributed by atoms with van der Waals surface area (Å²) in [6, 6.07) is 18.4. The molecule has 1 aliphatic heterocycles. The largest absolute Gasteiger partial charge is 0.506 e. The number of hydrogen-bond acceptors (Lipinski definition) is 4. The maximum Gasteiger partial charge on any atom is 0.301 e. The van der Waals surface area contributed by atoms with E-state index in [1.54, 1.807) is 22.9 Å². The van der Waals surface area contributed by atoms with Gasteiger partial charge >= 0.3 is 6.01 Å². The Morgan fingerprint density at radius 3 is 2.52 bits per heavy atom. The number of imidazole rings is 1. The van der Waals surface area contributed by atoms with E-state index in [1.807, 2.05) is 18.3 Å². The lowest BCUT2D eigenvalue weighted by Crippen LogP contribution is -2.35. The smallest absolute Gasteiger partial charge is 0.301 e. The molecule has 0 amide bonds. The van der Waals surface area contributed by atoms with Gasteiger partial charge in [0.25, 0.3) is 0 Å². The fraction of sp³-hybridized carbons (Fsp3) is 0.318. The first-order valence-electron chi connectivity index (χ1n) is 9.50. The van der Waals surface area contributed by atoms with Crippen LogP contribution in [0, 0.1) is 5.92 Å². The Kier molecular flexibility index (Phi) is 5.39. The van der Waals surface area contributed by atoms with Gasteiger partial charge in [0.2, 0.25) is 0 Å². The second kappa shape index (κ2) is 8.27. The van der Waals surface area contributed by atoms with Crippen molar-refractivity contribution in [1.29, 1.82) is 0 Å². The van der Waals surface area contributed by atoms with Crippen LogP contribution in [0.1, 0.15) is 18.4 Å². The molecule has 140 valence electrons. The maximum absolute atomic E-state index is 10.1. The predicted octanol–water partition coefficient (Wildman–Crippen LogP) is 3.87. The number of piperidine rings is 1. The summed E-state index contributed by atoms with van der Waals surface area (Å²) in [5.74, 6) is 0.751. The van der Waals surface area contributed by atoms with Crippen molar-refractivity contribution in [2.24, 2.45) is 5.92 Å². The van der Waals surface area contributed by atoms with Crippen molar-refractivity contribution in [2.45, 2.75) is 19.4 Å². The van der Waals surface area contributed by atoms with Crippen LogP contribution in [0.3, 0.4) is 0 Å². The fourth-order valence-electron chi connectivity index (χ4n) is 3.59. The third kappa shape index (κ3) is 4.31. The summed E-state index contributed by atoms with van der Waals surface area (Å²) in [6.45, 7) is 3.86. The quantitative estimate of drug-likeness (QED) is 0.722. The van der Waals surface area contributed by atoms with E-state index in [0.29, 0.717) is 24.2 Å². The second-order valence-corrected chi connectivity index (χ2v) is 7.08. The summed E-state index contributed by atoms with van der Waals surface area (Å²) in [4.78, 5) is 6.82. The first-order chi connectivity index (χ1) is 13.3. The third-order valence-electron chi connectivity index (χ3n) is 5.15. The first kappa shape index (κ1) is 17.6. The highest BCUT2D eigenvalue weighted by molar-refractivity contribution is 5.46. The second-order valence-electron chi connectivity index (χ2n) is 7.08. The van der Waals surface area contributed by atoms with Gasteiger partial charge in [-0.25, -0.2) is 4.98 Å². The van der Waals surface area contributed by atoms with Crippen LogP contribution in [0.4, 0.5) is 0 Å². The number of rotatable bonds is 6. The molecule has 4 rings (SSSR count). The van der Waals surface area contributed by atoms with Gasteiger partial charge in [-0.05, 0) is 49.5 Å². The number of hydrogen-bond donors (Lipinski definition) is 1. The molecule has 0 saturated carbocycles. The molecule has 0 atom stereocenters. The van der Waals surface area contributed by atoms with Gasteiger partial charge in [-0.1, -0.05) is 42.5 Å². The monoisotopic (exact) mass is 363 g/mol. The predicted molar refractivity (Wildman–Crippen MR) is 105 cm³/mol. The van der Waals surface area contributed by atoms with Gasteiger partial charge in [-0.2, -0.15) is 0 Å². The average Bonchev–Trinajstić information content (AvgIpc) is 3.17. The van der Waals surface area contributed by atoms with E-state index >= 15 is 0 Å². The number of benzene rings is 2. The zero-order chi connectivity index (χ0) is 18.5. The molecule has 0 bridgehead atoms. The molecule has 0 unspecified atom stereocenters. The van der Waals surface area contributed by atoms with E-state index in [4.69, 9.17) is 4.74 Å². The van der Waals surface area contributed by atoms with Crippen LogP contribution >= 0.6 is 0 Å². The van der Waals surface area contributed by atoms with Crippen LogP contribution in [-0.4, -0.2) is 39.3 Å². The van der Waals surface area contributed by atoms with Crippen LogP contribution in [-0.2, 0) is 6.54 Å². The van der Waals surface area contributed by atoms with Crippen molar-refractivity contribution in [3.05, 3.63) is 72.6 Å². The highest BCUT2D eigenvalue weighted by atomic mass is 16.5. The van der Waals surface area contributed by atoms with Crippen LogP contribution < -0.4 is 4.74 Å². The summed E-state index contributed by atoms with van der Waals surface area (Å²) < 4.78 is 7.79. The molecule has 1 aliphatic rings. The number of aromatic nitrogens is 2. The van der Waals surface area contributed by atoms with Gasteiger partial charge in [0.1, 0.15) is 5.75 Å². The topological polar surface area (TPSA) is 50.5 Å². The highest BCUT2D eigenvalue weighted by Gasteiger charge is 2.21. The lowest BCUT2D eigenvalue weighted by molar-refractivity contribution is 0.131. The zero-order valence-corrected chi connectivity index (χ0v) is 15.4. The summed E-state index contributed by atoms with van der Waals surface area (Å²) in [6.07, 6.45) is 5.77. The summed E-state index contributed by atoms with van der Waals surface area (Å²) in [5, 5.41) is 10.1. The summed E-state index contributed by atoms with van der Waals surface area (Å²) in [5.41, 5.74) is 2.06. The van der Waals surface area contributed by atoms with Crippen molar-refractivity contribution in [2.75, 3.05) is 19.7 Å².